The lowest BCUT2D eigenvalue weighted by Gasteiger charge is -2.08. The molecular formula is C13H13BrClN3. The summed E-state index contributed by atoms with van der Waals surface area (Å²) in [5, 5.41) is 3.86. The van der Waals surface area contributed by atoms with Crippen molar-refractivity contribution >= 4 is 33.3 Å². The summed E-state index contributed by atoms with van der Waals surface area (Å²) in [6.07, 6.45) is 1.62. The number of nitrogens with two attached hydrogens (primary N) is 1. The predicted octanol–water partition coefficient (Wildman–Crippen LogP) is 3.57. The van der Waals surface area contributed by atoms with E-state index in [1.165, 1.54) is 5.56 Å². The molecule has 94 valence electrons. The Morgan fingerprint density at radius 3 is 2.50 bits per heavy atom. The Morgan fingerprint density at radius 1 is 1.22 bits per heavy atom. The predicted molar refractivity (Wildman–Crippen MR) is 78.6 cm³/mol. The average molecular weight is 327 g/mol. The summed E-state index contributed by atoms with van der Waals surface area (Å²) in [7, 11) is 0. The molecule has 1 aromatic heterocycles. The Kier molecular flexibility index (Phi) is 4.58. The third kappa shape index (κ3) is 3.45. The molecule has 0 aliphatic rings. The van der Waals surface area contributed by atoms with E-state index in [1.54, 1.807) is 6.20 Å². The van der Waals surface area contributed by atoms with Crippen LogP contribution in [0.1, 0.15) is 11.1 Å². The monoisotopic (exact) mass is 325 g/mol. The van der Waals surface area contributed by atoms with Crippen molar-refractivity contribution in [2.24, 2.45) is 5.73 Å². The minimum absolute atomic E-state index is 0.567. The highest BCUT2D eigenvalue weighted by Gasteiger charge is 2.02. The highest BCUT2D eigenvalue weighted by molar-refractivity contribution is 9.10. The third-order valence-electron chi connectivity index (χ3n) is 2.53. The van der Waals surface area contributed by atoms with E-state index in [4.69, 9.17) is 17.3 Å². The van der Waals surface area contributed by atoms with Crippen LogP contribution in [-0.4, -0.2) is 4.98 Å². The molecule has 3 nitrogen and oxygen atoms in total. The molecule has 0 unspecified atom stereocenters. The first-order valence-electron chi connectivity index (χ1n) is 5.52. The van der Waals surface area contributed by atoms with Crippen molar-refractivity contribution in [1.29, 1.82) is 0 Å². The molecule has 0 saturated carbocycles. The zero-order valence-electron chi connectivity index (χ0n) is 9.66. The van der Waals surface area contributed by atoms with E-state index in [1.807, 2.05) is 18.2 Å². The maximum atomic E-state index is 5.84. The molecule has 0 atom stereocenters. The van der Waals surface area contributed by atoms with Gasteiger partial charge in [0.25, 0.3) is 0 Å². The standard InChI is InChI=1S/C13H13BrClN3/c14-12-5-11(15)8-18-13(12)17-7-10-3-1-9(6-16)2-4-10/h1-5,8H,6-7,16H2,(H,17,18). The molecular weight excluding hydrogens is 314 g/mol. The van der Waals surface area contributed by atoms with Crippen molar-refractivity contribution < 1.29 is 0 Å². The van der Waals surface area contributed by atoms with Crippen LogP contribution in [0.25, 0.3) is 0 Å². The van der Waals surface area contributed by atoms with Crippen molar-refractivity contribution in [3.05, 3.63) is 57.2 Å². The summed E-state index contributed by atoms with van der Waals surface area (Å²) in [5.74, 6) is 0.780. The molecule has 0 fully saturated rings. The maximum absolute atomic E-state index is 5.84. The number of benzene rings is 1. The van der Waals surface area contributed by atoms with E-state index in [2.05, 4.69) is 38.4 Å². The summed E-state index contributed by atoms with van der Waals surface area (Å²) >= 11 is 9.25. The number of aromatic nitrogens is 1. The zero-order chi connectivity index (χ0) is 13.0. The first-order chi connectivity index (χ1) is 8.69. The van der Waals surface area contributed by atoms with Gasteiger partial charge >= 0.3 is 0 Å². The van der Waals surface area contributed by atoms with Gasteiger partial charge < -0.3 is 11.1 Å². The molecule has 5 heteroatoms. The first kappa shape index (κ1) is 13.3. The number of halogens is 2. The van der Waals surface area contributed by atoms with Crippen LogP contribution in [0.3, 0.4) is 0 Å². The van der Waals surface area contributed by atoms with E-state index in [-0.39, 0.29) is 0 Å². The molecule has 3 N–H and O–H groups in total. The van der Waals surface area contributed by atoms with Gasteiger partial charge in [0.2, 0.25) is 0 Å². The lowest BCUT2D eigenvalue weighted by molar-refractivity contribution is 1.05. The van der Waals surface area contributed by atoms with Gasteiger partial charge in [-0.2, -0.15) is 0 Å². The lowest BCUT2D eigenvalue weighted by atomic mass is 10.1. The average Bonchev–Trinajstić information content (AvgIpc) is 2.38. The van der Waals surface area contributed by atoms with Crippen LogP contribution >= 0.6 is 27.5 Å². The topological polar surface area (TPSA) is 50.9 Å². The Bertz CT molecular complexity index is 528. The smallest absolute Gasteiger partial charge is 0.140 e. The Hall–Kier alpha value is -1.10. The van der Waals surface area contributed by atoms with Crippen molar-refractivity contribution in [3.8, 4) is 0 Å². The second kappa shape index (κ2) is 6.18. The third-order valence-corrected chi connectivity index (χ3v) is 3.34. The van der Waals surface area contributed by atoms with Gasteiger partial charge in [0.15, 0.2) is 0 Å². The first-order valence-corrected chi connectivity index (χ1v) is 6.69. The summed E-state index contributed by atoms with van der Waals surface area (Å²) in [6, 6.07) is 9.98. The molecule has 0 aliphatic carbocycles. The van der Waals surface area contributed by atoms with Gasteiger partial charge in [-0.3, -0.25) is 0 Å². The molecule has 1 aromatic carbocycles. The molecule has 0 spiro atoms. The largest absolute Gasteiger partial charge is 0.365 e. The minimum atomic E-state index is 0.567. The number of rotatable bonds is 4. The van der Waals surface area contributed by atoms with E-state index in [9.17, 15) is 0 Å². The number of hydrogen-bond acceptors (Lipinski definition) is 3. The quantitative estimate of drug-likeness (QED) is 0.903. The van der Waals surface area contributed by atoms with Gasteiger partial charge in [-0.25, -0.2) is 4.98 Å². The van der Waals surface area contributed by atoms with Crippen molar-refractivity contribution in [2.75, 3.05) is 5.32 Å². The number of pyridine rings is 1. The van der Waals surface area contributed by atoms with Crippen LogP contribution in [-0.2, 0) is 13.1 Å². The van der Waals surface area contributed by atoms with Crippen LogP contribution in [0.5, 0.6) is 0 Å². The fourth-order valence-corrected chi connectivity index (χ4v) is 2.30. The minimum Gasteiger partial charge on any atom is -0.365 e. The Balaban J connectivity index is 2.02. The van der Waals surface area contributed by atoms with Crippen LogP contribution < -0.4 is 11.1 Å². The SMILES string of the molecule is NCc1ccc(CNc2ncc(Cl)cc2Br)cc1. The van der Waals surface area contributed by atoms with Crippen LogP contribution in [0.4, 0.5) is 5.82 Å². The van der Waals surface area contributed by atoms with Crippen LogP contribution in [0.15, 0.2) is 41.0 Å². The lowest BCUT2D eigenvalue weighted by Crippen LogP contribution is -2.02. The van der Waals surface area contributed by atoms with Crippen molar-refractivity contribution in [1.82, 2.24) is 4.98 Å². The van der Waals surface area contributed by atoms with E-state index in [0.717, 1.165) is 15.9 Å². The molecule has 1 heterocycles. The molecule has 0 saturated heterocycles. The van der Waals surface area contributed by atoms with Gasteiger partial charge in [0.1, 0.15) is 5.82 Å². The number of nitrogens with zero attached hydrogens (tertiary/aromatic N) is 1. The zero-order valence-corrected chi connectivity index (χ0v) is 12.0. The summed E-state index contributed by atoms with van der Waals surface area (Å²) in [6.45, 7) is 1.27. The van der Waals surface area contributed by atoms with E-state index < -0.39 is 0 Å². The Morgan fingerprint density at radius 2 is 1.89 bits per heavy atom. The summed E-state index contributed by atoms with van der Waals surface area (Å²) in [5.41, 5.74) is 7.86. The Labute approximate surface area is 119 Å². The summed E-state index contributed by atoms with van der Waals surface area (Å²) < 4.78 is 0.855. The highest BCUT2D eigenvalue weighted by Crippen LogP contribution is 2.23. The van der Waals surface area contributed by atoms with Gasteiger partial charge in [-0.05, 0) is 33.1 Å². The van der Waals surface area contributed by atoms with Gasteiger partial charge in [0, 0.05) is 19.3 Å². The van der Waals surface area contributed by atoms with E-state index >= 15 is 0 Å². The fourth-order valence-electron chi connectivity index (χ4n) is 1.52. The highest BCUT2D eigenvalue weighted by atomic mass is 79.9. The van der Waals surface area contributed by atoms with Crippen LogP contribution in [0.2, 0.25) is 5.02 Å². The number of hydrogen-bond donors (Lipinski definition) is 2. The number of anilines is 1. The van der Waals surface area contributed by atoms with Crippen molar-refractivity contribution in [2.45, 2.75) is 13.1 Å². The fraction of sp³-hybridized carbons (Fsp3) is 0.154. The van der Waals surface area contributed by atoms with Crippen LogP contribution in [0, 0.1) is 0 Å². The van der Waals surface area contributed by atoms with Crippen molar-refractivity contribution in [3.63, 3.8) is 0 Å². The molecule has 0 radical (unpaired) electrons. The second-order valence-corrected chi connectivity index (χ2v) is 5.15. The van der Waals surface area contributed by atoms with Gasteiger partial charge in [-0.1, -0.05) is 35.9 Å². The van der Waals surface area contributed by atoms with E-state index in [0.29, 0.717) is 18.1 Å². The summed E-state index contributed by atoms with van der Waals surface area (Å²) in [4.78, 5) is 4.22. The number of nitrogens with one attached hydrogen (secondary N) is 1. The normalized spacial score (nSPS) is 10.4. The molecule has 0 bridgehead atoms. The maximum Gasteiger partial charge on any atom is 0.140 e. The molecule has 2 aromatic rings. The second-order valence-electron chi connectivity index (χ2n) is 3.86. The molecule has 18 heavy (non-hydrogen) atoms. The molecule has 2 rings (SSSR count). The molecule has 0 amide bonds. The molecule has 0 aliphatic heterocycles. The van der Waals surface area contributed by atoms with Gasteiger partial charge in [-0.15, -0.1) is 0 Å². The van der Waals surface area contributed by atoms with Gasteiger partial charge in [0.05, 0.1) is 9.50 Å².